The molecule has 4 aromatic rings. The molecular formula is C24H21N5O3. The molecule has 1 saturated heterocycles. The standard InChI is InChI=1S/C24H21N5O3/c30-29(31)20-9-5-17(6-10-20)23-26-22-4-2-1-3-21(22)24(27-23)25-18-7-11-19(12-8-18)28-13-15-32-16-14-28/h1-12H,13-16H2,(H,25,26,27). The van der Waals surface area contributed by atoms with Gasteiger partial charge in [-0.3, -0.25) is 10.1 Å². The van der Waals surface area contributed by atoms with Crippen LogP contribution in [0.3, 0.4) is 0 Å². The number of para-hydroxylation sites is 1. The van der Waals surface area contributed by atoms with E-state index < -0.39 is 4.92 Å². The first-order valence-corrected chi connectivity index (χ1v) is 10.4. The van der Waals surface area contributed by atoms with Crippen molar-refractivity contribution in [3.05, 3.63) is 82.9 Å². The zero-order valence-corrected chi connectivity index (χ0v) is 17.3. The Morgan fingerprint density at radius 1 is 0.906 bits per heavy atom. The number of nitrogens with one attached hydrogen (secondary N) is 1. The number of hydrogen-bond acceptors (Lipinski definition) is 7. The van der Waals surface area contributed by atoms with Gasteiger partial charge in [0.05, 0.1) is 23.7 Å². The second-order valence-corrected chi connectivity index (χ2v) is 7.49. The number of benzene rings is 3. The number of anilines is 3. The Kier molecular flexibility index (Phi) is 5.35. The molecule has 0 aliphatic carbocycles. The molecule has 8 heteroatoms. The minimum Gasteiger partial charge on any atom is -0.378 e. The summed E-state index contributed by atoms with van der Waals surface area (Å²) in [5.41, 5.74) is 3.63. The van der Waals surface area contributed by atoms with Crippen LogP contribution in [0.25, 0.3) is 22.3 Å². The minimum absolute atomic E-state index is 0.0354. The van der Waals surface area contributed by atoms with Gasteiger partial charge in [0.15, 0.2) is 5.82 Å². The highest BCUT2D eigenvalue weighted by Gasteiger charge is 2.13. The van der Waals surface area contributed by atoms with Crippen molar-refractivity contribution in [1.82, 2.24) is 9.97 Å². The van der Waals surface area contributed by atoms with E-state index in [-0.39, 0.29) is 5.69 Å². The molecule has 1 N–H and O–H groups in total. The fourth-order valence-corrected chi connectivity index (χ4v) is 3.75. The normalized spacial score (nSPS) is 13.8. The number of nitro benzene ring substituents is 1. The van der Waals surface area contributed by atoms with Crippen LogP contribution in [-0.2, 0) is 4.74 Å². The summed E-state index contributed by atoms with van der Waals surface area (Å²) in [5.74, 6) is 1.19. The van der Waals surface area contributed by atoms with E-state index in [4.69, 9.17) is 9.72 Å². The smallest absolute Gasteiger partial charge is 0.269 e. The quantitative estimate of drug-likeness (QED) is 0.362. The van der Waals surface area contributed by atoms with Gasteiger partial charge in [-0.25, -0.2) is 9.97 Å². The van der Waals surface area contributed by atoms with E-state index in [1.807, 2.05) is 36.4 Å². The molecular weight excluding hydrogens is 406 g/mol. The number of nitro groups is 1. The third-order valence-electron chi connectivity index (χ3n) is 5.45. The van der Waals surface area contributed by atoms with E-state index >= 15 is 0 Å². The summed E-state index contributed by atoms with van der Waals surface area (Å²) in [6.45, 7) is 3.28. The van der Waals surface area contributed by atoms with Gasteiger partial charge in [0, 0.05) is 47.5 Å². The average Bonchev–Trinajstić information content (AvgIpc) is 2.85. The highest BCUT2D eigenvalue weighted by molar-refractivity contribution is 5.92. The molecule has 0 saturated carbocycles. The number of rotatable bonds is 5. The van der Waals surface area contributed by atoms with Crippen LogP contribution in [-0.4, -0.2) is 41.2 Å². The Morgan fingerprint density at radius 2 is 1.62 bits per heavy atom. The molecule has 0 atom stereocenters. The molecule has 1 fully saturated rings. The highest BCUT2D eigenvalue weighted by atomic mass is 16.6. The van der Waals surface area contributed by atoms with E-state index in [1.165, 1.54) is 12.1 Å². The monoisotopic (exact) mass is 427 g/mol. The first kappa shape index (κ1) is 19.9. The number of nitrogens with zero attached hydrogens (tertiary/aromatic N) is 4. The zero-order chi connectivity index (χ0) is 21.9. The van der Waals surface area contributed by atoms with Gasteiger partial charge in [0.1, 0.15) is 5.82 Å². The third-order valence-corrected chi connectivity index (χ3v) is 5.45. The summed E-state index contributed by atoms with van der Waals surface area (Å²) in [7, 11) is 0. The molecule has 0 spiro atoms. The summed E-state index contributed by atoms with van der Waals surface area (Å²) in [6, 6.07) is 22.3. The number of morpholine rings is 1. The van der Waals surface area contributed by atoms with Crippen LogP contribution in [0.5, 0.6) is 0 Å². The fourth-order valence-electron chi connectivity index (χ4n) is 3.75. The fraction of sp³-hybridized carbons (Fsp3) is 0.167. The van der Waals surface area contributed by atoms with Crippen LogP contribution in [0, 0.1) is 10.1 Å². The lowest BCUT2D eigenvalue weighted by Gasteiger charge is -2.28. The van der Waals surface area contributed by atoms with Gasteiger partial charge in [-0.2, -0.15) is 0 Å². The predicted molar refractivity (Wildman–Crippen MR) is 124 cm³/mol. The topological polar surface area (TPSA) is 93.4 Å². The Morgan fingerprint density at radius 3 is 2.34 bits per heavy atom. The number of hydrogen-bond donors (Lipinski definition) is 1. The van der Waals surface area contributed by atoms with Crippen molar-refractivity contribution in [2.45, 2.75) is 0 Å². The summed E-state index contributed by atoms with van der Waals surface area (Å²) >= 11 is 0. The SMILES string of the molecule is O=[N+]([O-])c1ccc(-c2nc(Nc3ccc(N4CCOCC4)cc3)c3ccccc3n2)cc1. The van der Waals surface area contributed by atoms with Crippen molar-refractivity contribution in [3.8, 4) is 11.4 Å². The molecule has 0 amide bonds. The van der Waals surface area contributed by atoms with Crippen LogP contribution in [0.1, 0.15) is 0 Å². The molecule has 8 nitrogen and oxygen atoms in total. The minimum atomic E-state index is -0.418. The molecule has 0 unspecified atom stereocenters. The first-order valence-electron chi connectivity index (χ1n) is 10.4. The van der Waals surface area contributed by atoms with Gasteiger partial charge in [0.2, 0.25) is 0 Å². The van der Waals surface area contributed by atoms with Gasteiger partial charge in [-0.05, 0) is 48.5 Å². The van der Waals surface area contributed by atoms with Crippen molar-refractivity contribution in [2.75, 3.05) is 36.5 Å². The number of non-ortho nitro benzene ring substituents is 1. The third kappa shape index (κ3) is 4.08. The molecule has 32 heavy (non-hydrogen) atoms. The molecule has 1 aliphatic heterocycles. The lowest BCUT2D eigenvalue weighted by atomic mass is 10.1. The van der Waals surface area contributed by atoms with Gasteiger partial charge >= 0.3 is 0 Å². The second-order valence-electron chi connectivity index (χ2n) is 7.49. The van der Waals surface area contributed by atoms with Crippen molar-refractivity contribution in [2.24, 2.45) is 0 Å². The lowest BCUT2D eigenvalue weighted by molar-refractivity contribution is -0.384. The molecule has 1 aromatic heterocycles. The largest absolute Gasteiger partial charge is 0.378 e. The molecule has 5 rings (SSSR count). The van der Waals surface area contributed by atoms with Crippen molar-refractivity contribution < 1.29 is 9.66 Å². The molecule has 160 valence electrons. The maximum atomic E-state index is 11.0. The van der Waals surface area contributed by atoms with Gasteiger partial charge < -0.3 is 15.0 Å². The van der Waals surface area contributed by atoms with Crippen molar-refractivity contribution >= 4 is 33.8 Å². The summed E-state index contributed by atoms with van der Waals surface area (Å²) < 4.78 is 5.43. The van der Waals surface area contributed by atoms with E-state index in [1.54, 1.807) is 12.1 Å². The van der Waals surface area contributed by atoms with Crippen LogP contribution >= 0.6 is 0 Å². The summed E-state index contributed by atoms with van der Waals surface area (Å²) in [6.07, 6.45) is 0. The molecule has 0 radical (unpaired) electrons. The molecule has 3 aromatic carbocycles. The predicted octanol–water partition coefficient (Wildman–Crippen LogP) is 4.79. The van der Waals surface area contributed by atoms with Gasteiger partial charge in [0.25, 0.3) is 5.69 Å². The second kappa shape index (κ2) is 8.60. The average molecular weight is 427 g/mol. The Bertz CT molecular complexity index is 1250. The van der Waals surface area contributed by atoms with Crippen LogP contribution in [0.15, 0.2) is 72.8 Å². The Hall–Kier alpha value is -4.04. The summed E-state index contributed by atoms with van der Waals surface area (Å²) in [5, 5.41) is 15.3. The molecule has 1 aliphatic rings. The Labute approximate surface area is 184 Å². The first-order chi connectivity index (χ1) is 15.7. The van der Waals surface area contributed by atoms with E-state index in [0.717, 1.165) is 48.6 Å². The highest BCUT2D eigenvalue weighted by Crippen LogP contribution is 2.29. The van der Waals surface area contributed by atoms with Gasteiger partial charge in [-0.1, -0.05) is 12.1 Å². The summed E-state index contributed by atoms with van der Waals surface area (Å²) in [4.78, 5) is 22.2. The number of fused-ring (bicyclic) bond motifs is 1. The van der Waals surface area contributed by atoms with E-state index in [0.29, 0.717) is 17.2 Å². The van der Waals surface area contributed by atoms with E-state index in [9.17, 15) is 10.1 Å². The van der Waals surface area contributed by atoms with Crippen LogP contribution in [0.2, 0.25) is 0 Å². The van der Waals surface area contributed by atoms with Gasteiger partial charge in [-0.15, -0.1) is 0 Å². The maximum Gasteiger partial charge on any atom is 0.269 e. The Balaban J connectivity index is 1.47. The number of aromatic nitrogens is 2. The van der Waals surface area contributed by atoms with Crippen LogP contribution in [0.4, 0.5) is 22.9 Å². The lowest BCUT2D eigenvalue weighted by Crippen LogP contribution is -2.36. The molecule has 2 heterocycles. The van der Waals surface area contributed by atoms with E-state index in [2.05, 4.69) is 27.3 Å². The molecule has 0 bridgehead atoms. The van der Waals surface area contributed by atoms with Crippen LogP contribution < -0.4 is 10.2 Å². The zero-order valence-electron chi connectivity index (χ0n) is 17.3. The van der Waals surface area contributed by atoms with Crippen molar-refractivity contribution in [1.29, 1.82) is 0 Å². The van der Waals surface area contributed by atoms with Crippen molar-refractivity contribution in [3.63, 3.8) is 0 Å². The maximum absolute atomic E-state index is 11.0. The number of ether oxygens (including phenoxy) is 1.